The Bertz CT molecular complexity index is 1730. The van der Waals surface area contributed by atoms with Gasteiger partial charge in [-0.2, -0.15) is 5.10 Å². The fourth-order valence-corrected chi connectivity index (χ4v) is 5.89. The van der Waals surface area contributed by atoms with Crippen LogP contribution >= 0.6 is 23.2 Å². The first kappa shape index (κ1) is 33.1. The van der Waals surface area contributed by atoms with Crippen molar-refractivity contribution in [3.63, 3.8) is 0 Å². The second kappa shape index (κ2) is 15.4. The van der Waals surface area contributed by atoms with Crippen molar-refractivity contribution in [2.75, 3.05) is 36.8 Å². The van der Waals surface area contributed by atoms with Crippen LogP contribution in [0.2, 0.25) is 10.0 Å². The summed E-state index contributed by atoms with van der Waals surface area (Å²) in [6.07, 6.45) is 6.47. The predicted octanol–water partition coefficient (Wildman–Crippen LogP) is 6.65. The van der Waals surface area contributed by atoms with Gasteiger partial charge in [0.1, 0.15) is 5.69 Å². The van der Waals surface area contributed by atoms with Gasteiger partial charge in [-0.3, -0.25) is 14.6 Å². The number of nitrogens with one attached hydrogen (secondary N) is 3. The molecule has 3 heterocycles. The number of rotatable bonds is 10. The Kier molecular flexibility index (Phi) is 11.1. The molecule has 0 spiro atoms. The highest BCUT2D eigenvalue weighted by Gasteiger charge is 2.18. The van der Waals surface area contributed by atoms with Gasteiger partial charge in [-0.25, -0.2) is 9.48 Å². The van der Waals surface area contributed by atoms with Crippen LogP contribution in [0.4, 0.5) is 16.2 Å². The molecule has 1 aliphatic heterocycles. The zero-order valence-electron chi connectivity index (χ0n) is 25.9. The third-order valence-corrected chi connectivity index (χ3v) is 8.66. The van der Waals surface area contributed by atoms with E-state index in [1.54, 1.807) is 6.92 Å². The molecular weight excluding hydrogens is 625 g/mol. The molecule has 2 aromatic heterocycles. The van der Waals surface area contributed by atoms with Crippen LogP contribution in [0.5, 0.6) is 0 Å². The molecule has 0 bridgehead atoms. The molecule has 3 amide bonds. The van der Waals surface area contributed by atoms with Gasteiger partial charge in [0.25, 0.3) is 5.56 Å². The number of pyridine rings is 1. The average Bonchev–Trinajstić information content (AvgIpc) is 3.07. The Morgan fingerprint density at radius 2 is 1.61 bits per heavy atom. The molecule has 10 nitrogen and oxygen atoms in total. The second-order valence-electron chi connectivity index (χ2n) is 11.2. The van der Waals surface area contributed by atoms with Crippen molar-refractivity contribution < 1.29 is 9.59 Å². The van der Waals surface area contributed by atoms with E-state index >= 15 is 0 Å². The maximum atomic E-state index is 13.0. The number of hydrogen-bond acceptors (Lipinski definition) is 6. The lowest BCUT2D eigenvalue weighted by Gasteiger charge is -2.26. The van der Waals surface area contributed by atoms with Gasteiger partial charge in [0.05, 0.1) is 27.3 Å². The highest BCUT2D eigenvalue weighted by Crippen LogP contribution is 2.30. The molecule has 0 saturated carbocycles. The number of likely N-dealkylation sites (tertiary alicyclic amines) is 1. The summed E-state index contributed by atoms with van der Waals surface area (Å²) in [5.41, 5.74) is 3.88. The molecule has 1 saturated heterocycles. The standard InChI is InChI=1S/C34H37Cl2N7O3/c1-3-43-33(45)30(39-34(46)40-31-27(35)20-37-21-28(31)36)19-29(41-43)26-9-7-8-25(18-26)24-12-10-23(11-13-24)22(2)32(44)38-14-17-42-15-5-4-6-16-42/h7-13,18-22H,3-6,14-17H2,1-2H3,(H,38,44)(H2,37,39,40,46)/t22-/m0/s1. The summed E-state index contributed by atoms with van der Waals surface area (Å²) in [5.74, 6) is -0.247. The van der Waals surface area contributed by atoms with Gasteiger partial charge in [-0.1, -0.05) is 72.1 Å². The molecule has 0 aliphatic carbocycles. The van der Waals surface area contributed by atoms with E-state index in [2.05, 4.69) is 30.9 Å². The molecule has 0 radical (unpaired) electrons. The van der Waals surface area contributed by atoms with Crippen LogP contribution in [0.3, 0.4) is 0 Å². The van der Waals surface area contributed by atoms with Crippen LogP contribution in [-0.2, 0) is 11.3 Å². The predicted molar refractivity (Wildman–Crippen MR) is 184 cm³/mol. The summed E-state index contributed by atoms with van der Waals surface area (Å²) in [6, 6.07) is 16.6. The van der Waals surface area contributed by atoms with Gasteiger partial charge >= 0.3 is 6.03 Å². The van der Waals surface area contributed by atoms with E-state index in [-0.39, 0.29) is 33.2 Å². The monoisotopic (exact) mass is 661 g/mol. The van der Waals surface area contributed by atoms with Crippen molar-refractivity contribution in [2.45, 2.75) is 45.6 Å². The normalized spacial score (nSPS) is 14.0. The van der Waals surface area contributed by atoms with Crippen LogP contribution in [0.15, 0.2) is 71.8 Å². The molecule has 3 N–H and O–H groups in total. The number of halogens is 2. The number of urea groups is 1. The summed E-state index contributed by atoms with van der Waals surface area (Å²) in [5, 5.41) is 13.1. The van der Waals surface area contributed by atoms with Gasteiger partial charge < -0.3 is 20.9 Å². The number of hydrogen-bond donors (Lipinski definition) is 3. The van der Waals surface area contributed by atoms with Crippen molar-refractivity contribution in [1.82, 2.24) is 25.0 Å². The lowest BCUT2D eigenvalue weighted by atomic mass is 9.96. The molecule has 240 valence electrons. The largest absolute Gasteiger partial charge is 0.354 e. The van der Waals surface area contributed by atoms with E-state index in [0.29, 0.717) is 18.8 Å². The molecule has 1 aliphatic rings. The van der Waals surface area contributed by atoms with E-state index in [1.807, 2.05) is 55.5 Å². The molecule has 1 atom stereocenters. The number of aryl methyl sites for hydroxylation is 1. The van der Waals surface area contributed by atoms with Crippen LogP contribution in [0.25, 0.3) is 22.4 Å². The maximum Gasteiger partial charge on any atom is 0.323 e. The van der Waals surface area contributed by atoms with E-state index in [4.69, 9.17) is 23.2 Å². The molecule has 5 rings (SSSR count). The third kappa shape index (κ3) is 8.12. The fraction of sp³-hybridized carbons (Fsp3) is 0.324. The summed E-state index contributed by atoms with van der Waals surface area (Å²) in [4.78, 5) is 44.9. The number of benzene rings is 2. The molecule has 4 aromatic rings. The quantitative estimate of drug-likeness (QED) is 0.175. The number of carbonyl (C=O) groups is 2. The minimum absolute atomic E-state index is 0.0222. The number of aromatic nitrogens is 3. The second-order valence-corrected chi connectivity index (χ2v) is 12.1. The minimum Gasteiger partial charge on any atom is -0.354 e. The average molecular weight is 663 g/mol. The molecule has 12 heteroatoms. The summed E-state index contributed by atoms with van der Waals surface area (Å²) < 4.78 is 1.29. The molecule has 1 fully saturated rings. The van der Waals surface area contributed by atoms with Crippen LogP contribution in [0.1, 0.15) is 44.6 Å². The zero-order chi connectivity index (χ0) is 32.6. The van der Waals surface area contributed by atoms with Gasteiger partial charge in [0.15, 0.2) is 0 Å². The first-order valence-electron chi connectivity index (χ1n) is 15.4. The van der Waals surface area contributed by atoms with Crippen molar-refractivity contribution in [3.05, 3.63) is 93.0 Å². The van der Waals surface area contributed by atoms with E-state index < -0.39 is 11.6 Å². The summed E-state index contributed by atoms with van der Waals surface area (Å²) >= 11 is 12.2. The van der Waals surface area contributed by atoms with Crippen molar-refractivity contribution >= 4 is 46.5 Å². The van der Waals surface area contributed by atoms with Crippen LogP contribution in [-0.4, -0.2) is 57.8 Å². The maximum absolute atomic E-state index is 13.0. The van der Waals surface area contributed by atoms with E-state index in [0.717, 1.165) is 41.9 Å². The van der Waals surface area contributed by atoms with Crippen molar-refractivity contribution in [1.29, 1.82) is 0 Å². The van der Waals surface area contributed by atoms with E-state index in [9.17, 15) is 14.4 Å². The van der Waals surface area contributed by atoms with Gasteiger partial charge in [0.2, 0.25) is 5.91 Å². The zero-order valence-corrected chi connectivity index (χ0v) is 27.4. The topological polar surface area (TPSA) is 121 Å². The Morgan fingerprint density at radius 1 is 0.913 bits per heavy atom. The highest BCUT2D eigenvalue weighted by molar-refractivity contribution is 6.39. The van der Waals surface area contributed by atoms with Gasteiger partial charge in [0, 0.05) is 37.6 Å². The number of nitrogens with zero attached hydrogens (tertiary/aromatic N) is 4. The lowest BCUT2D eigenvalue weighted by Crippen LogP contribution is -2.38. The van der Waals surface area contributed by atoms with Crippen molar-refractivity contribution in [3.8, 4) is 22.4 Å². The summed E-state index contributed by atoms with van der Waals surface area (Å²) in [7, 11) is 0. The van der Waals surface area contributed by atoms with E-state index in [1.165, 1.54) is 42.4 Å². The van der Waals surface area contributed by atoms with Crippen molar-refractivity contribution in [2.24, 2.45) is 0 Å². The first-order valence-corrected chi connectivity index (χ1v) is 16.2. The highest BCUT2D eigenvalue weighted by atomic mass is 35.5. The Hall–Kier alpha value is -4.25. The number of carbonyl (C=O) groups excluding carboxylic acids is 2. The molecule has 46 heavy (non-hydrogen) atoms. The number of anilines is 2. The smallest absolute Gasteiger partial charge is 0.323 e. The Labute approximate surface area is 278 Å². The molecular formula is C34H37Cl2N7O3. The minimum atomic E-state index is -0.689. The van der Waals surface area contributed by atoms with Gasteiger partial charge in [-0.15, -0.1) is 0 Å². The number of piperidine rings is 1. The molecule has 2 aromatic carbocycles. The summed E-state index contributed by atoms with van der Waals surface area (Å²) in [6.45, 7) is 7.79. The Morgan fingerprint density at radius 3 is 2.30 bits per heavy atom. The number of amides is 3. The third-order valence-electron chi connectivity index (χ3n) is 8.09. The van der Waals surface area contributed by atoms with Crippen LogP contribution in [0, 0.1) is 0 Å². The lowest BCUT2D eigenvalue weighted by molar-refractivity contribution is -0.122. The first-order chi connectivity index (χ1) is 22.2. The Balaban J connectivity index is 1.29. The SMILES string of the molecule is CCn1nc(-c2cccc(-c3ccc([C@H](C)C(=O)NCCN4CCCCC4)cc3)c2)cc(NC(=O)Nc2c(Cl)cncc2Cl)c1=O. The molecule has 0 unspecified atom stereocenters. The van der Waals surface area contributed by atoms with Gasteiger partial charge in [-0.05, 0) is 68.6 Å². The van der Waals surface area contributed by atoms with Crippen LogP contribution < -0.4 is 21.5 Å². The fourth-order valence-electron chi connectivity index (χ4n) is 5.43.